The van der Waals surface area contributed by atoms with Gasteiger partial charge in [-0.1, -0.05) is 5.16 Å². The molecule has 2 N–H and O–H groups in total. The molecule has 1 aliphatic carbocycles. The number of terminal acetylenes is 1. The lowest BCUT2D eigenvalue weighted by molar-refractivity contribution is -0.142. The highest BCUT2D eigenvalue weighted by Crippen LogP contribution is 2.37. The molecule has 0 aromatic carbocycles. The van der Waals surface area contributed by atoms with Crippen LogP contribution in [-0.2, 0) is 14.4 Å². The number of carbonyl (C=O) groups excluding carboxylic acids is 3. The number of amides is 3. The molecule has 3 amide bonds. The molecule has 1 saturated carbocycles. The van der Waals surface area contributed by atoms with Gasteiger partial charge in [0.2, 0.25) is 17.7 Å². The molecule has 3 rings (SSSR count). The van der Waals surface area contributed by atoms with E-state index in [2.05, 4.69) is 31.9 Å². The molecule has 1 fully saturated rings. The number of hydrogen-bond donors (Lipinski definition) is 2. The van der Waals surface area contributed by atoms with Crippen LogP contribution >= 0.6 is 0 Å². The van der Waals surface area contributed by atoms with Crippen LogP contribution in [0.5, 0.6) is 0 Å². The maximum atomic E-state index is 13.3. The molecule has 10 heteroatoms. The Morgan fingerprint density at radius 1 is 1.27 bits per heavy atom. The van der Waals surface area contributed by atoms with Gasteiger partial charge in [0.25, 0.3) is 0 Å². The number of aromatic nitrogens is 1. The molecule has 1 aliphatic heterocycles. The average molecular weight is 457 g/mol. The monoisotopic (exact) mass is 456 g/mol. The van der Waals surface area contributed by atoms with E-state index < -0.39 is 11.7 Å². The van der Waals surface area contributed by atoms with Crippen LogP contribution in [0.1, 0.15) is 69.4 Å². The molecule has 1 atom stereocenters. The second kappa shape index (κ2) is 11.1. The summed E-state index contributed by atoms with van der Waals surface area (Å²) in [6.07, 6.45) is 9.11. The maximum Gasteiger partial charge on any atom is 0.249 e. The fraction of sp³-hybridized carbons (Fsp3) is 0.652. The molecule has 178 valence electrons. The van der Waals surface area contributed by atoms with E-state index in [9.17, 15) is 14.4 Å². The minimum atomic E-state index is -0.966. The normalized spacial score (nSPS) is 16.5. The summed E-state index contributed by atoms with van der Waals surface area (Å²) in [5.74, 6) is 2.76. The zero-order valence-electron chi connectivity index (χ0n) is 19.3. The van der Waals surface area contributed by atoms with Crippen molar-refractivity contribution >= 4 is 17.7 Å². The quantitative estimate of drug-likeness (QED) is 0.415. The van der Waals surface area contributed by atoms with E-state index in [0.29, 0.717) is 49.7 Å². The van der Waals surface area contributed by atoms with Crippen LogP contribution in [-0.4, -0.2) is 53.1 Å². The highest BCUT2D eigenvalue weighted by Gasteiger charge is 2.42. The van der Waals surface area contributed by atoms with E-state index >= 15 is 0 Å². The SMILES string of the molecule is C#CCCC1(CCN(C(=O)CCC(=O)NCC)C(C(=O)NCC2CC2)c2cc(C)on2)N=N1. The first-order valence-electron chi connectivity index (χ1n) is 11.5. The number of aryl methyl sites for hydroxylation is 1. The molecule has 1 aromatic rings. The molecule has 10 nitrogen and oxygen atoms in total. The molecule has 0 bridgehead atoms. The van der Waals surface area contributed by atoms with E-state index in [1.807, 2.05) is 6.92 Å². The van der Waals surface area contributed by atoms with Crippen molar-refractivity contribution in [1.82, 2.24) is 20.7 Å². The van der Waals surface area contributed by atoms with Gasteiger partial charge in [-0.15, -0.1) is 12.3 Å². The summed E-state index contributed by atoms with van der Waals surface area (Å²) in [5, 5.41) is 18.0. The molecular formula is C23H32N6O4. The number of rotatable bonds is 14. The van der Waals surface area contributed by atoms with E-state index in [1.54, 1.807) is 13.0 Å². The van der Waals surface area contributed by atoms with Gasteiger partial charge in [0.15, 0.2) is 11.7 Å². The third-order valence-electron chi connectivity index (χ3n) is 5.81. The largest absolute Gasteiger partial charge is 0.361 e. The van der Waals surface area contributed by atoms with E-state index in [-0.39, 0.29) is 37.1 Å². The van der Waals surface area contributed by atoms with Crippen molar-refractivity contribution in [2.45, 2.75) is 70.5 Å². The van der Waals surface area contributed by atoms with Gasteiger partial charge < -0.3 is 20.1 Å². The van der Waals surface area contributed by atoms with Gasteiger partial charge in [-0.2, -0.15) is 10.2 Å². The molecule has 0 saturated heterocycles. The Labute approximate surface area is 193 Å². The van der Waals surface area contributed by atoms with E-state index in [1.165, 1.54) is 4.90 Å². The van der Waals surface area contributed by atoms with Crippen LogP contribution in [0.15, 0.2) is 20.8 Å². The molecule has 1 unspecified atom stereocenters. The third-order valence-corrected chi connectivity index (χ3v) is 5.81. The van der Waals surface area contributed by atoms with Crippen molar-refractivity contribution in [2.24, 2.45) is 16.1 Å². The van der Waals surface area contributed by atoms with Crippen molar-refractivity contribution in [3.63, 3.8) is 0 Å². The highest BCUT2D eigenvalue weighted by molar-refractivity contribution is 5.90. The van der Waals surface area contributed by atoms with Gasteiger partial charge in [0.05, 0.1) is 0 Å². The maximum absolute atomic E-state index is 13.3. The summed E-state index contributed by atoms with van der Waals surface area (Å²) in [4.78, 5) is 39.9. The van der Waals surface area contributed by atoms with Gasteiger partial charge in [0, 0.05) is 57.8 Å². The zero-order chi connectivity index (χ0) is 23.8. The summed E-state index contributed by atoms with van der Waals surface area (Å²) in [6.45, 7) is 4.82. The molecule has 1 aromatic heterocycles. The number of nitrogens with zero attached hydrogens (tertiary/aromatic N) is 4. The molecule has 2 aliphatic rings. The van der Waals surface area contributed by atoms with E-state index in [4.69, 9.17) is 10.9 Å². The van der Waals surface area contributed by atoms with Gasteiger partial charge in [-0.25, -0.2) is 0 Å². The second-order valence-electron chi connectivity index (χ2n) is 8.63. The summed E-state index contributed by atoms with van der Waals surface area (Å²) in [7, 11) is 0. The summed E-state index contributed by atoms with van der Waals surface area (Å²) < 4.78 is 5.21. The van der Waals surface area contributed by atoms with Crippen molar-refractivity contribution in [1.29, 1.82) is 0 Å². The van der Waals surface area contributed by atoms with Crippen molar-refractivity contribution in [3.8, 4) is 12.3 Å². The first-order valence-corrected chi connectivity index (χ1v) is 11.5. The number of nitrogens with one attached hydrogen (secondary N) is 2. The lowest BCUT2D eigenvalue weighted by atomic mass is 10.0. The lowest BCUT2D eigenvalue weighted by Crippen LogP contribution is -2.45. The van der Waals surface area contributed by atoms with Gasteiger partial charge >= 0.3 is 0 Å². The predicted octanol–water partition coefficient (Wildman–Crippen LogP) is 2.26. The standard InChI is InChI=1S/C23H32N6O4/c1-4-6-11-23(27-28-23)12-13-29(20(31)10-9-19(30)24-5-2)21(18-14-16(3)33-26-18)22(32)25-15-17-7-8-17/h1,14,17,21H,5-13,15H2,2-3H3,(H,24,30)(H,25,32). The Bertz CT molecular complexity index is 924. The fourth-order valence-corrected chi connectivity index (χ4v) is 3.63. The summed E-state index contributed by atoms with van der Waals surface area (Å²) in [5.41, 5.74) is -0.256. The van der Waals surface area contributed by atoms with Crippen LogP contribution in [0.4, 0.5) is 0 Å². The molecule has 33 heavy (non-hydrogen) atoms. The van der Waals surface area contributed by atoms with Crippen molar-refractivity contribution in [3.05, 3.63) is 17.5 Å². The van der Waals surface area contributed by atoms with Crippen LogP contribution in [0.25, 0.3) is 0 Å². The topological polar surface area (TPSA) is 129 Å². The predicted molar refractivity (Wildman–Crippen MR) is 120 cm³/mol. The molecule has 2 heterocycles. The smallest absolute Gasteiger partial charge is 0.249 e. The Kier molecular flexibility index (Phi) is 8.20. The Morgan fingerprint density at radius 3 is 2.61 bits per heavy atom. The Balaban J connectivity index is 1.78. The van der Waals surface area contributed by atoms with Gasteiger partial charge in [0.1, 0.15) is 11.5 Å². The molecule has 0 spiro atoms. The summed E-state index contributed by atoms with van der Waals surface area (Å²) in [6, 6.07) is 0.692. The zero-order valence-corrected chi connectivity index (χ0v) is 19.3. The van der Waals surface area contributed by atoms with Gasteiger partial charge in [-0.05, 0) is 32.6 Å². The first-order chi connectivity index (χ1) is 15.9. The third kappa shape index (κ3) is 7.14. The van der Waals surface area contributed by atoms with Crippen LogP contribution < -0.4 is 10.6 Å². The first kappa shape index (κ1) is 24.4. The van der Waals surface area contributed by atoms with Crippen molar-refractivity contribution in [2.75, 3.05) is 19.6 Å². The fourth-order valence-electron chi connectivity index (χ4n) is 3.63. The van der Waals surface area contributed by atoms with Crippen LogP contribution in [0.3, 0.4) is 0 Å². The lowest BCUT2D eigenvalue weighted by Gasteiger charge is -2.30. The summed E-state index contributed by atoms with van der Waals surface area (Å²) >= 11 is 0. The Morgan fingerprint density at radius 2 is 2.03 bits per heavy atom. The highest BCUT2D eigenvalue weighted by atomic mass is 16.5. The molecule has 0 radical (unpaired) electrons. The van der Waals surface area contributed by atoms with Gasteiger partial charge in [-0.3, -0.25) is 14.4 Å². The number of hydrogen-bond acceptors (Lipinski definition) is 7. The Hall–Kier alpha value is -3.22. The number of carbonyl (C=O) groups is 3. The van der Waals surface area contributed by atoms with Crippen molar-refractivity contribution < 1.29 is 18.9 Å². The van der Waals surface area contributed by atoms with E-state index in [0.717, 1.165) is 12.8 Å². The van der Waals surface area contributed by atoms with Crippen LogP contribution in [0, 0.1) is 25.2 Å². The minimum absolute atomic E-state index is 0.0271. The molecular weight excluding hydrogens is 424 g/mol. The van der Waals surface area contributed by atoms with Crippen LogP contribution in [0.2, 0.25) is 0 Å². The second-order valence-corrected chi connectivity index (χ2v) is 8.63. The average Bonchev–Trinajstić information content (AvgIpc) is 3.72. The minimum Gasteiger partial charge on any atom is -0.361 e.